The van der Waals surface area contributed by atoms with Crippen molar-refractivity contribution in [1.29, 1.82) is 0 Å². The Morgan fingerprint density at radius 2 is 1.43 bits per heavy atom. The largest absolute Gasteiger partial charge is 0.462 e. The van der Waals surface area contributed by atoms with E-state index in [1.54, 1.807) is 0 Å². The molecule has 0 aromatic rings. The Kier molecular flexibility index (Phi) is 6.11. The Balaban J connectivity index is 2.11. The molecule has 0 amide bonds. The van der Waals surface area contributed by atoms with Gasteiger partial charge >= 0.3 is 29.9 Å². The van der Waals surface area contributed by atoms with Gasteiger partial charge in [-0.15, -0.1) is 0 Å². The lowest BCUT2D eigenvalue weighted by Crippen LogP contribution is -2.60. The van der Waals surface area contributed by atoms with Crippen molar-refractivity contribution in [3.63, 3.8) is 0 Å². The smallest absolute Gasteiger partial charge is 0.437 e. The molecule has 0 aliphatic heterocycles. The van der Waals surface area contributed by atoms with Gasteiger partial charge in [0.15, 0.2) is 0 Å². The summed E-state index contributed by atoms with van der Waals surface area (Å²) >= 11 is 0. The third kappa shape index (κ3) is 4.30. The van der Waals surface area contributed by atoms with Crippen LogP contribution in [-0.2, 0) is 19.1 Å². The van der Waals surface area contributed by atoms with Gasteiger partial charge in [0.1, 0.15) is 0 Å². The van der Waals surface area contributed by atoms with Crippen LogP contribution in [-0.4, -0.2) is 36.5 Å². The van der Waals surface area contributed by atoms with E-state index in [-0.39, 0.29) is 36.4 Å². The minimum atomic E-state index is -5.78. The predicted molar refractivity (Wildman–Crippen MR) is 84.8 cm³/mol. The number of fused-ring (bicyclic) bond motifs is 2. The van der Waals surface area contributed by atoms with E-state index in [0.29, 0.717) is 19.8 Å². The first-order chi connectivity index (χ1) is 12.7. The molecule has 2 bridgehead atoms. The highest BCUT2D eigenvalue weighted by Crippen LogP contribution is 2.58. The van der Waals surface area contributed by atoms with Crippen LogP contribution in [0.1, 0.15) is 39.5 Å². The molecule has 4 unspecified atom stereocenters. The number of carbonyl (C=O) groups excluding carboxylic acids is 2. The molecule has 2 aliphatic carbocycles. The van der Waals surface area contributed by atoms with E-state index in [4.69, 9.17) is 4.74 Å². The summed E-state index contributed by atoms with van der Waals surface area (Å²) in [4.78, 5) is 22.5. The van der Waals surface area contributed by atoms with Gasteiger partial charge in [-0.3, -0.25) is 4.79 Å². The van der Waals surface area contributed by atoms with Gasteiger partial charge in [-0.2, -0.15) is 26.3 Å². The van der Waals surface area contributed by atoms with Crippen LogP contribution in [0.25, 0.3) is 0 Å². The molecule has 2 saturated carbocycles. The molecule has 160 valence electrons. The summed E-state index contributed by atoms with van der Waals surface area (Å²) in [7, 11) is 0. The fraction of sp³-hybridized carbons (Fsp3) is 0.778. The highest BCUT2D eigenvalue weighted by Gasteiger charge is 2.74. The van der Waals surface area contributed by atoms with E-state index in [2.05, 4.69) is 11.3 Å². The second-order valence-electron chi connectivity index (χ2n) is 7.75. The molecule has 10 heteroatoms. The van der Waals surface area contributed by atoms with Crippen LogP contribution in [0.2, 0.25) is 0 Å². The highest BCUT2D eigenvalue weighted by molar-refractivity contribution is 5.86. The molecule has 0 radical (unpaired) electrons. The second-order valence-corrected chi connectivity index (χ2v) is 7.75. The molecular formula is C18H22F6O4. The SMILES string of the molecule is C=C(C)C(=O)OCC1CC2CC1CC2CC(OC(C)=O)(C(F)(F)F)C(F)(F)F. The van der Waals surface area contributed by atoms with E-state index in [1.807, 2.05) is 0 Å². The first-order valence-electron chi connectivity index (χ1n) is 8.83. The quantitative estimate of drug-likeness (QED) is 0.361. The molecule has 0 spiro atoms. The molecule has 28 heavy (non-hydrogen) atoms. The molecule has 0 heterocycles. The van der Waals surface area contributed by atoms with Crippen molar-refractivity contribution in [2.75, 3.05) is 6.61 Å². The van der Waals surface area contributed by atoms with Gasteiger partial charge in [0, 0.05) is 18.9 Å². The van der Waals surface area contributed by atoms with Gasteiger partial charge in [0.25, 0.3) is 0 Å². The minimum Gasteiger partial charge on any atom is -0.462 e. The lowest BCUT2D eigenvalue weighted by atomic mass is 9.76. The highest BCUT2D eigenvalue weighted by atomic mass is 19.4. The van der Waals surface area contributed by atoms with Gasteiger partial charge in [0.05, 0.1) is 6.61 Å². The molecule has 4 nitrogen and oxygen atoms in total. The number of rotatable bonds is 6. The molecule has 2 rings (SSSR count). The third-order valence-electron chi connectivity index (χ3n) is 5.71. The monoisotopic (exact) mass is 416 g/mol. The molecule has 4 atom stereocenters. The summed E-state index contributed by atoms with van der Waals surface area (Å²) in [5.41, 5.74) is -4.30. The van der Waals surface area contributed by atoms with Crippen molar-refractivity contribution >= 4 is 11.9 Å². The van der Waals surface area contributed by atoms with Crippen molar-refractivity contribution in [3.8, 4) is 0 Å². The molecule has 0 saturated heterocycles. The van der Waals surface area contributed by atoms with Gasteiger partial charge in [0.2, 0.25) is 0 Å². The van der Waals surface area contributed by atoms with E-state index < -0.39 is 42.2 Å². The molecule has 0 N–H and O–H groups in total. The number of esters is 2. The van der Waals surface area contributed by atoms with E-state index in [0.717, 1.165) is 0 Å². The van der Waals surface area contributed by atoms with Crippen LogP contribution in [0.5, 0.6) is 0 Å². The summed E-state index contributed by atoms with van der Waals surface area (Å²) in [5.74, 6) is -3.72. The van der Waals surface area contributed by atoms with Crippen LogP contribution in [0, 0.1) is 23.7 Å². The number of ether oxygens (including phenoxy) is 2. The Labute approximate surface area is 158 Å². The first-order valence-corrected chi connectivity index (χ1v) is 8.83. The fourth-order valence-corrected chi connectivity index (χ4v) is 4.44. The minimum absolute atomic E-state index is 0.0627. The van der Waals surface area contributed by atoms with Crippen molar-refractivity contribution in [3.05, 3.63) is 12.2 Å². The number of alkyl halides is 6. The molecule has 2 fully saturated rings. The average molecular weight is 416 g/mol. The predicted octanol–water partition coefficient (Wildman–Crippen LogP) is 4.58. The van der Waals surface area contributed by atoms with Crippen molar-refractivity contribution in [1.82, 2.24) is 0 Å². The maximum Gasteiger partial charge on any atom is 0.437 e. The topological polar surface area (TPSA) is 52.6 Å². The normalized spacial score (nSPS) is 27.6. The zero-order chi connectivity index (χ0) is 21.5. The first kappa shape index (κ1) is 22.5. The van der Waals surface area contributed by atoms with Crippen molar-refractivity contribution in [2.45, 2.75) is 57.5 Å². The van der Waals surface area contributed by atoms with Crippen LogP contribution >= 0.6 is 0 Å². The van der Waals surface area contributed by atoms with Gasteiger partial charge < -0.3 is 9.47 Å². The van der Waals surface area contributed by atoms with Crippen molar-refractivity contribution < 1.29 is 45.4 Å². The van der Waals surface area contributed by atoms with E-state index in [9.17, 15) is 35.9 Å². The summed E-state index contributed by atoms with van der Waals surface area (Å²) in [5, 5.41) is 0. The Bertz CT molecular complexity index is 625. The van der Waals surface area contributed by atoms with Crippen LogP contribution in [0.4, 0.5) is 26.3 Å². The van der Waals surface area contributed by atoms with Crippen LogP contribution in [0.3, 0.4) is 0 Å². The summed E-state index contributed by atoms with van der Waals surface area (Å²) in [6.07, 6.45) is -11.9. The Morgan fingerprint density at radius 3 is 1.82 bits per heavy atom. The fourth-order valence-electron chi connectivity index (χ4n) is 4.44. The second kappa shape index (κ2) is 7.59. The zero-order valence-electron chi connectivity index (χ0n) is 15.5. The maximum absolute atomic E-state index is 13.4. The van der Waals surface area contributed by atoms with Gasteiger partial charge in [-0.1, -0.05) is 6.58 Å². The summed E-state index contributed by atoms with van der Waals surface area (Å²) in [6.45, 7) is 5.50. The molecular weight excluding hydrogens is 394 g/mol. The third-order valence-corrected chi connectivity index (χ3v) is 5.71. The number of carbonyl (C=O) groups is 2. The van der Waals surface area contributed by atoms with E-state index >= 15 is 0 Å². The Morgan fingerprint density at radius 1 is 0.929 bits per heavy atom. The van der Waals surface area contributed by atoms with Gasteiger partial charge in [-0.25, -0.2) is 4.79 Å². The lowest BCUT2D eigenvalue weighted by molar-refractivity contribution is -0.374. The van der Waals surface area contributed by atoms with Crippen LogP contribution in [0.15, 0.2) is 12.2 Å². The molecule has 0 aromatic carbocycles. The van der Waals surface area contributed by atoms with Crippen LogP contribution < -0.4 is 0 Å². The summed E-state index contributed by atoms with van der Waals surface area (Å²) in [6, 6.07) is 0. The average Bonchev–Trinajstić information content (AvgIpc) is 3.08. The number of halogens is 6. The maximum atomic E-state index is 13.4. The summed E-state index contributed by atoms with van der Waals surface area (Å²) < 4.78 is 89.5. The van der Waals surface area contributed by atoms with Gasteiger partial charge in [-0.05, 0) is 49.9 Å². The number of hydrogen-bond acceptors (Lipinski definition) is 4. The molecule has 0 aromatic heterocycles. The standard InChI is InChI=1S/C18H22F6O4/c1-9(2)15(26)27-8-14-6-11-4-12(14)5-13(11)7-16(17(19,20)21,18(22,23)24)28-10(3)25/h11-14H,1,4-8H2,2-3H3. The van der Waals surface area contributed by atoms with Crippen molar-refractivity contribution in [2.24, 2.45) is 23.7 Å². The molecule has 2 aliphatic rings. The number of hydrogen-bond donors (Lipinski definition) is 0. The van der Waals surface area contributed by atoms with E-state index in [1.165, 1.54) is 6.92 Å². The Hall–Kier alpha value is -1.74. The zero-order valence-corrected chi connectivity index (χ0v) is 15.5. The lowest BCUT2D eigenvalue weighted by Gasteiger charge is -2.40.